The molecule has 1 atom stereocenters. The van der Waals surface area contributed by atoms with E-state index in [1.54, 1.807) is 13.1 Å². The van der Waals surface area contributed by atoms with Gasteiger partial charge in [-0.2, -0.15) is 0 Å². The summed E-state index contributed by atoms with van der Waals surface area (Å²) in [4.78, 5) is 0. The highest BCUT2D eigenvalue weighted by atomic mass is 79.9. The van der Waals surface area contributed by atoms with E-state index in [0.29, 0.717) is 4.47 Å². The highest BCUT2D eigenvalue weighted by Gasteiger charge is 2.22. The molecule has 20 heavy (non-hydrogen) atoms. The maximum absolute atomic E-state index is 14.0. The summed E-state index contributed by atoms with van der Waals surface area (Å²) in [6, 6.07) is 6.69. The van der Waals surface area contributed by atoms with Crippen LogP contribution < -0.4 is 5.32 Å². The topological polar surface area (TPSA) is 12.0 Å². The van der Waals surface area contributed by atoms with E-state index < -0.39 is 23.5 Å². The first-order chi connectivity index (χ1) is 9.45. The van der Waals surface area contributed by atoms with Crippen LogP contribution in [0.5, 0.6) is 0 Å². The molecule has 0 bridgehead atoms. The third-order valence-electron chi connectivity index (χ3n) is 3.18. The van der Waals surface area contributed by atoms with Gasteiger partial charge in [0.15, 0.2) is 11.6 Å². The van der Waals surface area contributed by atoms with Gasteiger partial charge in [-0.15, -0.1) is 0 Å². The molecule has 0 amide bonds. The molecule has 0 heterocycles. The molecule has 2 aromatic carbocycles. The fraction of sp³-hybridized carbons (Fsp3) is 0.200. The molecule has 0 aliphatic rings. The molecule has 0 fully saturated rings. The molecule has 0 radical (unpaired) electrons. The van der Waals surface area contributed by atoms with Crippen LogP contribution in [0, 0.1) is 24.4 Å². The SMILES string of the molecule is CNC(c1ccc(Br)cc1F)c1ccc(C)c(F)c1F. The van der Waals surface area contributed by atoms with Crippen molar-refractivity contribution in [3.05, 3.63) is 68.9 Å². The van der Waals surface area contributed by atoms with Gasteiger partial charge in [-0.05, 0) is 31.7 Å². The second-order valence-corrected chi connectivity index (χ2v) is 5.40. The third-order valence-corrected chi connectivity index (χ3v) is 3.67. The molecule has 1 N–H and O–H groups in total. The first-order valence-electron chi connectivity index (χ1n) is 6.02. The van der Waals surface area contributed by atoms with Crippen molar-refractivity contribution in [2.24, 2.45) is 0 Å². The molecule has 5 heteroatoms. The van der Waals surface area contributed by atoms with Gasteiger partial charge in [0, 0.05) is 15.6 Å². The van der Waals surface area contributed by atoms with Crippen molar-refractivity contribution in [2.75, 3.05) is 7.05 Å². The average molecular weight is 344 g/mol. The largest absolute Gasteiger partial charge is 0.309 e. The van der Waals surface area contributed by atoms with Crippen LogP contribution in [-0.4, -0.2) is 7.05 Å². The summed E-state index contributed by atoms with van der Waals surface area (Å²) in [5, 5.41) is 2.82. The zero-order valence-corrected chi connectivity index (χ0v) is 12.6. The van der Waals surface area contributed by atoms with Crippen LogP contribution in [0.3, 0.4) is 0 Å². The maximum Gasteiger partial charge on any atom is 0.164 e. The van der Waals surface area contributed by atoms with E-state index in [4.69, 9.17) is 0 Å². The number of hydrogen-bond donors (Lipinski definition) is 1. The van der Waals surface area contributed by atoms with Gasteiger partial charge < -0.3 is 5.32 Å². The molecule has 0 aliphatic heterocycles. The van der Waals surface area contributed by atoms with Gasteiger partial charge in [0.25, 0.3) is 0 Å². The van der Waals surface area contributed by atoms with Gasteiger partial charge in [0.1, 0.15) is 5.82 Å². The van der Waals surface area contributed by atoms with Crippen molar-refractivity contribution in [3.63, 3.8) is 0 Å². The minimum absolute atomic E-state index is 0.0804. The minimum Gasteiger partial charge on any atom is -0.309 e. The van der Waals surface area contributed by atoms with Crippen LogP contribution in [0.15, 0.2) is 34.8 Å². The summed E-state index contributed by atoms with van der Waals surface area (Å²) >= 11 is 3.16. The highest BCUT2D eigenvalue weighted by Crippen LogP contribution is 2.29. The normalized spacial score (nSPS) is 12.5. The number of rotatable bonds is 3. The first-order valence-corrected chi connectivity index (χ1v) is 6.81. The Kier molecular flexibility index (Phi) is 4.50. The van der Waals surface area contributed by atoms with E-state index in [0.717, 1.165) is 0 Å². The molecule has 0 saturated carbocycles. The van der Waals surface area contributed by atoms with E-state index in [1.807, 2.05) is 0 Å². The van der Waals surface area contributed by atoms with Gasteiger partial charge in [0.05, 0.1) is 6.04 Å². The van der Waals surface area contributed by atoms with Crippen LogP contribution in [-0.2, 0) is 0 Å². The van der Waals surface area contributed by atoms with Gasteiger partial charge in [0.2, 0.25) is 0 Å². The van der Waals surface area contributed by atoms with Crippen LogP contribution in [0.4, 0.5) is 13.2 Å². The summed E-state index contributed by atoms with van der Waals surface area (Å²) in [6.07, 6.45) is 0. The fourth-order valence-corrected chi connectivity index (χ4v) is 2.43. The lowest BCUT2D eigenvalue weighted by atomic mass is 9.96. The molecular weight excluding hydrogens is 331 g/mol. The van der Waals surface area contributed by atoms with Gasteiger partial charge in [-0.25, -0.2) is 13.2 Å². The zero-order chi connectivity index (χ0) is 14.9. The average Bonchev–Trinajstić information content (AvgIpc) is 2.41. The van der Waals surface area contributed by atoms with Crippen LogP contribution >= 0.6 is 15.9 Å². The fourth-order valence-electron chi connectivity index (χ4n) is 2.10. The number of aryl methyl sites for hydroxylation is 1. The molecule has 2 rings (SSSR count). The van der Waals surface area contributed by atoms with Crippen LogP contribution in [0.25, 0.3) is 0 Å². The monoisotopic (exact) mass is 343 g/mol. The lowest BCUT2D eigenvalue weighted by Crippen LogP contribution is -2.21. The van der Waals surface area contributed by atoms with Crippen molar-refractivity contribution in [1.82, 2.24) is 5.32 Å². The molecule has 0 saturated heterocycles. The van der Waals surface area contributed by atoms with Crippen molar-refractivity contribution in [3.8, 4) is 0 Å². The van der Waals surface area contributed by atoms with E-state index >= 15 is 0 Å². The maximum atomic E-state index is 14.0. The van der Waals surface area contributed by atoms with Gasteiger partial charge >= 0.3 is 0 Å². The summed E-state index contributed by atoms with van der Waals surface area (Å²) in [6.45, 7) is 1.48. The minimum atomic E-state index is -0.952. The molecule has 2 aromatic rings. The van der Waals surface area contributed by atoms with Crippen molar-refractivity contribution >= 4 is 15.9 Å². The summed E-state index contributed by atoms with van der Waals surface area (Å²) in [5.41, 5.74) is 0.562. The summed E-state index contributed by atoms with van der Waals surface area (Å²) in [5.74, 6) is -2.34. The Morgan fingerprint density at radius 3 is 2.25 bits per heavy atom. The number of hydrogen-bond acceptors (Lipinski definition) is 1. The van der Waals surface area contributed by atoms with Gasteiger partial charge in [-0.1, -0.05) is 34.1 Å². The predicted molar refractivity (Wildman–Crippen MR) is 76.1 cm³/mol. The van der Waals surface area contributed by atoms with E-state index in [9.17, 15) is 13.2 Å². The Balaban J connectivity index is 2.55. The second kappa shape index (κ2) is 5.97. The zero-order valence-electron chi connectivity index (χ0n) is 11.0. The first kappa shape index (κ1) is 15.1. The second-order valence-electron chi connectivity index (χ2n) is 4.49. The van der Waals surface area contributed by atoms with E-state index in [-0.39, 0.29) is 16.7 Å². The van der Waals surface area contributed by atoms with Crippen LogP contribution in [0.1, 0.15) is 22.7 Å². The Morgan fingerprint density at radius 2 is 1.65 bits per heavy atom. The Bertz CT molecular complexity index is 643. The lowest BCUT2D eigenvalue weighted by molar-refractivity contribution is 0.478. The molecule has 1 unspecified atom stereocenters. The number of benzene rings is 2. The molecular formula is C15H13BrF3N. The standard InChI is InChI=1S/C15H13BrF3N/c1-8-3-5-11(14(19)13(8)18)15(20-2)10-6-4-9(16)7-12(10)17/h3-7,15,20H,1-2H3. The molecule has 1 nitrogen and oxygen atoms in total. The predicted octanol–water partition coefficient (Wildman–Crippen LogP) is 4.48. The van der Waals surface area contributed by atoms with Crippen LogP contribution in [0.2, 0.25) is 0 Å². The van der Waals surface area contributed by atoms with Crippen molar-refractivity contribution < 1.29 is 13.2 Å². The molecule has 0 aliphatic carbocycles. The van der Waals surface area contributed by atoms with E-state index in [1.165, 1.54) is 31.2 Å². The molecule has 0 aromatic heterocycles. The van der Waals surface area contributed by atoms with E-state index in [2.05, 4.69) is 21.2 Å². The Morgan fingerprint density at radius 1 is 1.00 bits per heavy atom. The lowest BCUT2D eigenvalue weighted by Gasteiger charge is -2.19. The third kappa shape index (κ3) is 2.74. The Hall–Kier alpha value is -1.33. The van der Waals surface area contributed by atoms with Crippen molar-refractivity contribution in [2.45, 2.75) is 13.0 Å². The molecule has 106 valence electrons. The molecule has 0 spiro atoms. The highest BCUT2D eigenvalue weighted by molar-refractivity contribution is 9.10. The summed E-state index contributed by atoms with van der Waals surface area (Å²) in [7, 11) is 1.57. The smallest absolute Gasteiger partial charge is 0.164 e. The van der Waals surface area contributed by atoms with Gasteiger partial charge in [-0.3, -0.25) is 0 Å². The quantitative estimate of drug-likeness (QED) is 0.866. The number of nitrogens with one attached hydrogen (secondary N) is 1. The van der Waals surface area contributed by atoms with Crippen molar-refractivity contribution in [1.29, 1.82) is 0 Å². The summed E-state index contributed by atoms with van der Waals surface area (Å²) < 4.78 is 42.3. The Labute approximate surface area is 123 Å². The number of halogens is 4.